The fraction of sp³-hybridized carbons (Fsp3) is 0.312. The van der Waals surface area contributed by atoms with E-state index in [1.807, 2.05) is 48.4 Å². The van der Waals surface area contributed by atoms with Gasteiger partial charge in [-0.1, -0.05) is 12.1 Å². The summed E-state index contributed by atoms with van der Waals surface area (Å²) in [5.74, 6) is 0. The van der Waals surface area contributed by atoms with Gasteiger partial charge in [-0.05, 0) is 38.1 Å². The van der Waals surface area contributed by atoms with Crippen LogP contribution in [0.25, 0.3) is 11.0 Å². The van der Waals surface area contributed by atoms with Gasteiger partial charge in [-0.2, -0.15) is 5.10 Å². The molecule has 0 aliphatic carbocycles. The maximum atomic E-state index is 4.72. The Bertz CT molecular complexity index is 734. The first-order chi connectivity index (χ1) is 10.3. The lowest BCUT2D eigenvalue weighted by molar-refractivity contribution is 0.575. The normalized spacial score (nSPS) is 12.7. The maximum absolute atomic E-state index is 4.72. The summed E-state index contributed by atoms with van der Waals surface area (Å²) in [5, 5.41) is 7.64. The standard InChI is InChI=1S/C16H19N5/c1-3-21-11-12(9-19-21)8-15(17-2)16-10-18-13-6-4-5-7-14(13)20-16/h4-7,9-11,15,17H,3,8H2,1-2H3. The van der Waals surface area contributed by atoms with Gasteiger partial charge in [0, 0.05) is 12.7 Å². The minimum absolute atomic E-state index is 0.136. The highest BCUT2D eigenvalue weighted by Crippen LogP contribution is 2.18. The average Bonchev–Trinajstić information content (AvgIpc) is 3.00. The Hall–Kier alpha value is -2.27. The van der Waals surface area contributed by atoms with Crippen molar-refractivity contribution in [2.24, 2.45) is 0 Å². The number of hydrogen-bond donors (Lipinski definition) is 1. The molecular formula is C16H19N5. The molecule has 1 aromatic carbocycles. The fourth-order valence-corrected chi connectivity index (χ4v) is 2.41. The third-order valence-electron chi connectivity index (χ3n) is 3.62. The molecule has 108 valence electrons. The van der Waals surface area contributed by atoms with Crippen molar-refractivity contribution >= 4 is 11.0 Å². The van der Waals surface area contributed by atoms with E-state index in [4.69, 9.17) is 4.98 Å². The summed E-state index contributed by atoms with van der Waals surface area (Å²) in [6.45, 7) is 2.97. The van der Waals surface area contributed by atoms with Gasteiger partial charge >= 0.3 is 0 Å². The van der Waals surface area contributed by atoms with E-state index in [0.717, 1.165) is 29.7 Å². The van der Waals surface area contributed by atoms with Gasteiger partial charge in [0.15, 0.2) is 0 Å². The van der Waals surface area contributed by atoms with Crippen LogP contribution in [0.1, 0.15) is 24.2 Å². The van der Waals surface area contributed by atoms with E-state index in [1.54, 1.807) is 0 Å². The summed E-state index contributed by atoms with van der Waals surface area (Å²) in [4.78, 5) is 9.21. The minimum atomic E-state index is 0.136. The van der Waals surface area contributed by atoms with E-state index >= 15 is 0 Å². The second kappa shape index (κ2) is 6.01. The number of benzene rings is 1. The molecule has 3 aromatic rings. The number of para-hydroxylation sites is 2. The van der Waals surface area contributed by atoms with Crippen LogP contribution >= 0.6 is 0 Å². The molecule has 1 atom stereocenters. The van der Waals surface area contributed by atoms with E-state index in [-0.39, 0.29) is 6.04 Å². The molecule has 0 aliphatic rings. The van der Waals surface area contributed by atoms with Gasteiger partial charge in [-0.15, -0.1) is 0 Å². The second-order valence-corrected chi connectivity index (χ2v) is 5.03. The molecule has 2 aromatic heterocycles. The molecule has 0 amide bonds. The zero-order chi connectivity index (χ0) is 14.7. The van der Waals surface area contributed by atoms with Gasteiger partial charge < -0.3 is 5.32 Å². The molecule has 1 unspecified atom stereocenters. The smallest absolute Gasteiger partial charge is 0.0890 e. The average molecular weight is 281 g/mol. The van der Waals surface area contributed by atoms with Gasteiger partial charge in [-0.25, -0.2) is 4.98 Å². The molecule has 0 radical (unpaired) electrons. The lowest BCUT2D eigenvalue weighted by Crippen LogP contribution is -2.20. The molecule has 5 nitrogen and oxygen atoms in total. The lowest BCUT2D eigenvalue weighted by Gasteiger charge is -2.14. The maximum Gasteiger partial charge on any atom is 0.0890 e. The second-order valence-electron chi connectivity index (χ2n) is 5.03. The summed E-state index contributed by atoms with van der Waals surface area (Å²) in [7, 11) is 1.95. The Morgan fingerprint density at radius 2 is 2.00 bits per heavy atom. The fourth-order valence-electron chi connectivity index (χ4n) is 2.41. The highest BCUT2D eigenvalue weighted by atomic mass is 15.3. The van der Waals surface area contributed by atoms with Crippen molar-refractivity contribution in [3.05, 3.63) is 54.1 Å². The molecule has 0 saturated heterocycles. The van der Waals surface area contributed by atoms with Gasteiger partial charge in [0.25, 0.3) is 0 Å². The van der Waals surface area contributed by atoms with Gasteiger partial charge in [0.2, 0.25) is 0 Å². The van der Waals surface area contributed by atoms with Crippen LogP contribution in [0.4, 0.5) is 0 Å². The minimum Gasteiger partial charge on any atom is -0.311 e. The summed E-state index contributed by atoms with van der Waals surface area (Å²) in [6.07, 6.45) is 6.71. The Labute approximate surface area is 124 Å². The highest BCUT2D eigenvalue weighted by molar-refractivity contribution is 5.73. The van der Waals surface area contributed by atoms with E-state index in [9.17, 15) is 0 Å². The molecular weight excluding hydrogens is 262 g/mol. The van der Waals surface area contributed by atoms with Crippen molar-refractivity contribution in [3.63, 3.8) is 0 Å². The van der Waals surface area contributed by atoms with Crippen molar-refractivity contribution in [1.82, 2.24) is 25.1 Å². The van der Waals surface area contributed by atoms with Crippen molar-refractivity contribution < 1.29 is 0 Å². The third kappa shape index (κ3) is 2.92. The van der Waals surface area contributed by atoms with E-state index < -0.39 is 0 Å². The summed E-state index contributed by atoms with van der Waals surface area (Å²) in [6, 6.07) is 8.07. The van der Waals surface area contributed by atoms with Crippen molar-refractivity contribution in [2.75, 3.05) is 7.05 Å². The Balaban J connectivity index is 1.86. The predicted molar refractivity (Wildman–Crippen MR) is 82.9 cm³/mol. The Morgan fingerprint density at radius 1 is 1.19 bits per heavy atom. The number of fused-ring (bicyclic) bond motifs is 1. The molecule has 1 N–H and O–H groups in total. The van der Waals surface area contributed by atoms with E-state index in [1.165, 1.54) is 5.56 Å². The number of hydrogen-bond acceptors (Lipinski definition) is 4. The van der Waals surface area contributed by atoms with Crippen LogP contribution in [-0.4, -0.2) is 26.8 Å². The quantitative estimate of drug-likeness (QED) is 0.780. The number of nitrogens with zero attached hydrogens (tertiary/aromatic N) is 4. The summed E-state index contributed by atoms with van der Waals surface area (Å²) >= 11 is 0. The Morgan fingerprint density at radius 3 is 2.71 bits per heavy atom. The van der Waals surface area contributed by atoms with E-state index in [2.05, 4.69) is 28.5 Å². The summed E-state index contributed by atoms with van der Waals surface area (Å²) in [5.41, 5.74) is 4.01. The van der Waals surface area contributed by atoms with Gasteiger partial charge in [-0.3, -0.25) is 9.67 Å². The van der Waals surface area contributed by atoms with Crippen molar-refractivity contribution in [3.8, 4) is 0 Å². The van der Waals surface area contributed by atoms with Crippen molar-refractivity contribution in [2.45, 2.75) is 25.9 Å². The molecule has 0 aliphatic heterocycles. The predicted octanol–water partition coefficient (Wildman–Crippen LogP) is 2.35. The highest BCUT2D eigenvalue weighted by Gasteiger charge is 2.14. The number of aryl methyl sites for hydroxylation is 1. The molecule has 2 heterocycles. The first kappa shape index (κ1) is 13.7. The molecule has 0 saturated carbocycles. The molecule has 0 bridgehead atoms. The molecule has 5 heteroatoms. The molecule has 21 heavy (non-hydrogen) atoms. The first-order valence-electron chi connectivity index (χ1n) is 7.20. The Kier molecular flexibility index (Phi) is 3.92. The van der Waals surface area contributed by atoms with Crippen LogP contribution in [0, 0.1) is 0 Å². The first-order valence-corrected chi connectivity index (χ1v) is 7.20. The lowest BCUT2D eigenvalue weighted by atomic mass is 10.1. The number of nitrogens with one attached hydrogen (secondary N) is 1. The number of likely N-dealkylation sites (N-methyl/N-ethyl adjacent to an activating group) is 1. The topological polar surface area (TPSA) is 55.6 Å². The van der Waals surface area contributed by atoms with Crippen LogP contribution in [-0.2, 0) is 13.0 Å². The van der Waals surface area contributed by atoms with Crippen molar-refractivity contribution in [1.29, 1.82) is 0 Å². The van der Waals surface area contributed by atoms with E-state index in [0.29, 0.717) is 0 Å². The number of rotatable bonds is 5. The van der Waals surface area contributed by atoms with Crippen LogP contribution in [0.3, 0.4) is 0 Å². The zero-order valence-corrected chi connectivity index (χ0v) is 12.3. The van der Waals surface area contributed by atoms with Gasteiger partial charge in [0.05, 0.1) is 35.2 Å². The zero-order valence-electron chi connectivity index (χ0n) is 12.3. The SMILES string of the molecule is CCn1cc(CC(NC)c2cnc3ccccc3n2)cn1. The van der Waals surface area contributed by atoms with Crippen LogP contribution in [0.2, 0.25) is 0 Å². The third-order valence-corrected chi connectivity index (χ3v) is 3.62. The number of aromatic nitrogens is 4. The van der Waals surface area contributed by atoms with Crippen LogP contribution in [0.15, 0.2) is 42.9 Å². The van der Waals surface area contributed by atoms with Gasteiger partial charge in [0.1, 0.15) is 0 Å². The largest absolute Gasteiger partial charge is 0.311 e. The van der Waals surface area contributed by atoms with Crippen LogP contribution < -0.4 is 5.32 Å². The van der Waals surface area contributed by atoms with Crippen LogP contribution in [0.5, 0.6) is 0 Å². The molecule has 3 rings (SSSR count). The monoisotopic (exact) mass is 281 g/mol. The molecule has 0 spiro atoms. The summed E-state index contributed by atoms with van der Waals surface area (Å²) < 4.78 is 1.94. The molecule has 0 fully saturated rings.